The van der Waals surface area contributed by atoms with Crippen LogP contribution < -0.4 is 10.1 Å². The molecule has 0 unspecified atom stereocenters. The van der Waals surface area contributed by atoms with E-state index in [4.69, 9.17) is 4.74 Å². The third kappa shape index (κ3) is 4.68. The van der Waals surface area contributed by atoms with Crippen LogP contribution in [0.3, 0.4) is 0 Å². The molecule has 0 aliphatic heterocycles. The lowest BCUT2D eigenvalue weighted by Gasteiger charge is -2.07. The van der Waals surface area contributed by atoms with Gasteiger partial charge in [-0.1, -0.05) is 13.0 Å². The predicted molar refractivity (Wildman–Crippen MR) is 65.2 cm³/mol. The van der Waals surface area contributed by atoms with E-state index >= 15 is 0 Å². The summed E-state index contributed by atoms with van der Waals surface area (Å²) in [6.07, 6.45) is 0.917. The Balaban J connectivity index is 2.63. The maximum atomic E-state index is 11.7. The first kappa shape index (κ1) is 13.2. The van der Waals surface area contributed by atoms with E-state index in [2.05, 4.69) is 5.32 Å². The molecule has 1 aromatic rings. The van der Waals surface area contributed by atoms with E-state index in [-0.39, 0.29) is 18.2 Å². The van der Waals surface area contributed by atoms with Gasteiger partial charge in [0.1, 0.15) is 11.5 Å². The van der Waals surface area contributed by atoms with E-state index < -0.39 is 0 Å². The van der Waals surface area contributed by atoms with Gasteiger partial charge >= 0.3 is 0 Å². The van der Waals surface area contributed by atoms with Crippen molar-refractivity contribution in [3.05, 3.63) is 29.8 Å². The number of Topliss-reactive ketones (excluding diaryl/α,β-unsaturated/α-hetero) is 1. The third-order valence-corrected chi connectivity index (χ3v) is 2.07. The van der Waals surface area contributed by atoms with Gasteiger partial charge in [-0.05, 0) is 31.5 Å². The predicted octanol–water partition coefficient (Wildman–Crippen LogP) is 1.79. The first-order valence-electron chi connectivity index (χ1n) is 5.64. The van der Waals surface area contributed by atoms with Crippen molar-refractivity contribution < 1.29 is 14.3 Å². The fourth-order valence-electron chi connectivity index (χ4n) is 1.25. The fraction of sp³-hybridized carbons (Fsp3) is 0.385. The number of ether oxygens (including phenoxy) is 1. The lowest BCUT2D eigenvalue weighted by atomic mass is 10.2. The van der Waals surface area contributed by atoms with E-state index in [1.54, 1.807) is 24.3 Å². The number of hydrogen-bond donors (Lipinski definition) is 1. The van der Waals surface area contributed by atoms with Crippen LogP contribution in [0.2, 0.25) is 0 Å². The van der Waals surface area contributed by atoms with Gasteiger partial charge in [-0.15, -0.1) is 0 Å². The van der Waals surface area contributed by atoms with E-state index in [1.165, 1.54) is 6.92 Å². The van der Waals surface area contributed by atoms with Gasteiger partial charge in [-0.3, -0.25) is 9.59 Å². The molecule has 0 heterocycles. The number of benzene rings is 1. The first-order valence-corrected chi connectivity index (χ1v) is 5.64. The molecule has 0 fully saturated rings. The molecule has 4 heteroatoms. The highest BCUT2D eigenvalue weighted by molar-refractivity contribution is 5.96. The maximum Gasteiger partial charge on any atom is 0.251 e. The third-order valence-electron chi connectivity index (χ3n) is 2.07. The van der Waals surface area contributed by atoms with Crippen molar-refractivity contribution in [1.82, 2.24) is 5.32 Å². The van der Waals surface area contributed by atoms with Crippen LogP contribution in [-0.2, 0) is 4.79 Å². The molecule has 0 radical (unpaired) electrons. The Hall–Kier alpha value is -1.84. The summed E-state index contributed by atoms with van der Waals surface area (Å²) < 4.78 is 5.42. The summed E-state index contributed by atoms with van der Waals surface area (Å²) in [6, 6.07) is 6.92. The zero-order valence-electron chi connectivity index (χ0n) is 10.2. The van der Waals surface area contributed by atoms with Gasteiger partial charge in [-0.25, -0.2) is 0 Å². The SMILES string of the molecule is CCCOc1cccc(C(=O)NCC(C)=O)c1. The van der Waals surface area contributed by atoms with Gasteiger partial charge in [0.25, 0.3) is 5.91 Å². The van der Waals surface area contributed by atoms with Gasteiger partial charge in [0.05, 0.1) is 13.2 Å². The van der Waals surface area contributed by atoms with Crippen molar-refractivity contribution in [2.45, 2.75) is 20.3 Å². The molecular formula is C13H17NO3. The van der Waals surface area contributed by atoms with Gasteiger partial charge in [0.15, 0.2) is 0 Å². The van der Waals surface area contributed by atoms with Crippen molar-refractivity contribution in [2.75, 3.05) is 13.2 Å². The number of amides is 1. The number of carbonyl (C=O) groups excluding carboxylic acids is 2. The highest BCUT2D eigenvalue weighted by atomic mass is 16.5. The Labute approximate surface area is 101 Å². The summed E-state index contributed by atoms with van der Waals surface area (Å²) in [5.41, 5.74) is 0.500. The Morgan fingerprint density at radius 3 is 2.76 bits per heavy atom. The topological polar surface area (TPSA) is 55.4 Å². The standard InChI is InChI=1S/C13H17NO3/c1-3-7-17-12-6-4-5-11(8-12)13(16)14-9-10(2)15/h4-6,8H,3,7,9H2,1-2H3,(H,14,16). The molecule has 1 N–H and O–H groups in total. The van der Waals surface area contributed by atoms with Gasteiger partial charge in [0.2, 0.25) is 0 Å². The molecule has 0 aliphatic rings. The van der Waals surface area contributed by atoms with Crippen molar-refractivity contribution >= 4 is 11.7 Å². The van der Waals surface area contributed by atoms with Crippen LogP contribution >= 0.6 is 0 Å². The lowest BCUT2D eigenvalue weighted by Crippen LogP contribution is -2.28. The summed E-state index contributed by atoms with van der Waals surface area (Å²) in [6.45, 7) is 4.13. The van der Waals surface area contributed by atoms with Crippen molar-refractivity contribution in [3.63, 3.8) is 0 Å². The first-order chi connectivity index (χ1) is 8.13. The smallest absolute Gasteiger partial charge is 0.251 e. The summed E-state index contributed by atoms with van der Waals surface area (Å²) in [4.78, 5) is 22.4. The van der Waals surface area contributed by atoms with Crippen LogP contribution in [0.5, 0.6) is 5.75 Å². The molecule has 17 heavy (non-hydrogen) atoms. The second kappa shape index (κ2) is 6.68. The Kier molecular flexibility index (Phi) is 5.20. The quantitative estimate of drug-likeness (QED) is 0.818. The molecule has 92 valence electrons. The maximum absolute atomic E-state index is 11.7. The van der Waals surface area contributed by atoms with Crippen LogP contribution in [0.25, 0.3) is 0 Å². The highest BCUT2D eigenvalue weighted by Crippen LogP contribution is 2.13. The molecule has 0 saturated carbocycles. The van der Waals surface area contributed by atoms with Gasteiger partial charge in [-0.2, -0.15) is 0 Å². The Morgan fingerprint density at radius 2 is 2.12 bits per heavy atom. The Bertz CT molecular complexity index is 401. The van der Waals surface area contributed by atoms with Crippen molar-refractivity contribution in [3.8, 4) is 5.75 Å². The average Bonchev–Trinajstić information content (AvgIpc) is 2.33. The molecule has 1 aromatic carbocycles. The number of rotatable bonds is 6. The molecule has 4 nitrogen and oxygen atoms in total. The molecule has 1 amide bonds. The number of carbonyl (C=O) groups is 2. The van der Waals surface area contributed by atoms with Crippen LogP contribution in [0.4, 0.5) is 0 Å². The van der Waals surface area contributed by atoms with E-state index in [0.29, 0.717) is 17.9 Å². The molecule has 1 rings (SSSR count). The summed E-state index contributed by atoms with van der Waals surface area (Å²) in [5, 5.41) is 2.54. The van der Waals surface area contributed by atoms with E-state index in [0.717, 1.165) is 6.42 Å². The fourth-order valence-corrected chi connectivity index (χ4v) is 1.25. The summed E-state index contributed by atoms with van der Waals surface area (Å²) >= 11 is 0. The number of ketones is 1. The van der Waals surface area contributed by atoms with Crippen molar-refractivity contribution in [1.29, 1.82) is 0 Å². The molecule has 0 aromatic heterocycles. The normalized spacial score (nSPS) is 9.76. The van der Waals surface area contributed by atoms with Crippen LogP contribution in [-0.4, -0.2) is 24.8 Å². The van der Waals surface area contributed by atoms with Gasteiger partial charge in [0, 0.05) is 5.56 Å². The zero-order valence-corrected chi connectivity index (χ0v) is 10.2. The zero-order chi connectivity index (χ0) is 12.7. The van der Waals surface area contributed by atoms with Gasteiger partial charge < -0.3 is 10.1 Å². The molecule has 0 spiro atoms. The lowest BCUT2D eigenvalue weighted by molar-refractivity contribution is -0.116. The summed E-state index contributed by atoms with van der Waals surface area (Å²) in [5.74, 6) is 0.334. The van der Waals surface area contributed by atoms with E-state index in [9.17, 15) is 9.59 Å². The van der Waals surface area contributed by atoms with Crippen molar-refractivity contribution in [2.24, 2.45) is 0 Å². The minimum absolute atomic E-state index is 0.0544. The molecular weight excluding hydrogens is 218 g/mol. The van der Waals surface area contributed by atoms with Crippen LogP contribution in [0.15, 0.2) is 24.3 Å². The molecule has 0 saturated heterocycles. The Morgan fingerprint density at radius 1 is 1.35 bits per heavy atom. The minimum atomic E-state index is -0.262. The monoisotopic (exact) mass is 235 g/mol. The molecule has 0 aliphatic carbocycles. The highest BCUT2D eigenvalue weighted by Gasteiger charge is 2.06. The average molecular weight is 235 g/mol. The van der Waals surface area contributed by atoms with E-state index in [1.807, 2.05) is 6.92 Å². The molecule has 0 atom stereocenters. The summed E-state index contributed by atoms with van der Waals surface area (Å²) in [7, 11) is 0. The number of nitrogens with one attached hydrogen (secondary N) is 1. The van der Waals surface area contributed by atoms with Crippen LogP contribution in [0, 0.1) is 0 Å². The largest absolute Gasteiger partial charge is 0.494 e. The van der Waals surface area contributed by atoms with Crippen LogP contribution in [0.1, 0.15) is 30.6 Å². The minimum Gasteiger partial charge on any atom is -0.494 e. The second-order valence-corrected chi connectivity index (χ2v) is 3.76. The second-order valence-electron chi connectivity index (χ2n) is 3.76. The number of hydrogen-bond acceptors (Lipinski definition) is 3. The molecule has 0 bridgehead atoms.